The molecule has 1 N–H and O–H groups in total. The van der Waals surface area contributed by atoms with Gasteiger partial charge in [-0.3, -0.25) is 0 Å². The zero-order valence-electron chi connectivity index (χ0n) is 11.3. The lowest BCUT2D eigenvalue weighted by Gasteiger charge is -2.20. The summed E-state index contributed by atoms with van der Waals surface area (Å²) in [6, 6.07) is 8.73. The second kappa shape index (κ2) is 6.40. The third kappa shape index (κ3) is 3.22. The van der Waals surface area contributed by atoms with Gasteiger partial charge in [-0.15, -0.1) is 11.3 Å². The lowest BCUT2D eigenvalue weighted by molar-refractivity contribution is 0.636. The fraction of sp³-hybridized carbons (Fsp3) is 0.333. The summed E-state index contributed by atoms with van der Waals surface area (Å²) in [7, 11) is 0. The van der Waals surface area contributed by atoms with Crippen LogP contribution in [0.15, 0.2) is 28.7 Å². The van der Waals surface area contributed by atoms with Gasteiger partial charge in [-0.25, -0.2) is 0 Å². The smallest absolute Gasteiger partial charge is 0.0961 e. The highest BCUT2D eigenvalue weighted by Crippen LogP contribution is 2.36. The Morgan fingerprint density at radius 3 is 2.68 bits per heavy atom. The number of halogens is 2. The van der Waals surface area contributed by atoms with Gasteiger partial charge in [-0.05, 0) is 49.2 Å². The third-order valence-electron chi connectivity index (χ3n) is 3.19. The molecule has 1 nitrogen and oxygen atoms in total. The minimum Gasteiger partial charge on any atom is -0.306 e. The Labute approximate surface area is 132 Å². The van der Waals surface area contributed by atoms with Crippen LogP contribution >= 0.6 is 38.9 Å². The van der Waals surface area contributed by atoms with E-state index in [1.54, 1.807) is 11.3 Å². The summed E-state index contributed by atoms with van der Waals surface area (Å²) in [4.78, 5) is 1.27. The summed E-state index contributed by atoms with van der Waals surface area (Å²) in [6.07, 6.45) is 0. The lowest BCUT2D eigenvalue weighted by atomic mass is 9.99. The summed E-state index contributed by atoms with van der Waals surface area (Å²) < 4.78 is 2.03. The highest BCUT2D eigenvalue weighted by atomic mass is 79.9. The maximum absolute atomic E-state index is 6.21. The van der Waals surface area contributed by atoms with Crippen LogP contribution in [0.1, 0.15) is 34.5 Å². The average Bonchev–Trinajstić information content (AvgIpc) is 2.70. The quantitative estimate of drug-likeness (QED) is 0.763. The molecule has 2 rings (SSSR count). The van der Waals surface area contributed by atoms with Crippen LogP contribution in [0, 0.1) is 13.8 Å². The van der Waals surface area contributed by atoms with E-state index in [1.807, 2.05) is 0 Å². The SMILES string of the molecule is CCNC(c1cc(C)c(Cl)s1)c1cccc(Br)c1C. The Morgan fingerprint density at radius 1 is 1.37 bits per heavy atom. The molecule has 2 aromatic rings. The van der Waals surface area contributed by atoms with Crippen molar-refractivity contribution >= 4 is 38.9 Å². The number of aryl methyl sites for hydroxylation is 1. The van der Waals surface area contributed by atoms with Crippen molar-refractivity contribution in [2.75, 3.05) is 6.54 Å². The Bertz CT molecular complexity index is 560. The molecular formula is C15H17BrClNS. The minimum atomic E-state index is 0.207. The Morgan fingerprint density at radius 2 is 2.11 bits per heavy atom. The van der Waals surface area contributed by atoms with E-state index >= 15 is 0 Å². The van der Waals surface area contributed by atoms with Crippen LogP contribution in [0.2, 0.25) is 4.34 Å². The molecule has 1 heterocycles. The molecule has 0 aliphatic rings. The zero-order valence-corrected chi connectivity index (χ0v) is 14.4. The van der Waals surface area contributed by atoms with Gasteiger partial charge in [0, 0.05) is 9.35 Å². The van der Waals surface area contributed by atoms with Gasteiger partial charge in [0.25, 0.3) is 0 Å². The third-order valence-corrected chi connectivity index (χ3v) is 5.67. The van der Waals surface area contributed by atoms with Gasteiger partial charge in [-0.2, -0.15) is 0 Å². The number of rotatable bonds is 4. The van der Waals surface area contributed by atoms with Gasteiger partial charge in [0.1, 0.15) is 0 Å². The molecule has 0 bridgehead atoms. The molecule has 0 amide bonds. The summed E-state index contributed by atoms with van der Waals surface area (Å²) in [5, 5.41) is 3.55. The van der Waals surface area contributed by atoms with E-state index in [0.717, 1.165) is 20.9 Å². The summed E-state index contributed by atoms with van der Waals surface area (Å²) in [5.41, 5.74) is 3.72. The highest BCUT2D eigenvalue weighted by molar-refractivity contribution is 9.10. The summed E-state index contributed by atoms with van der Waals surface area (Å²) >= 11 is 11.5. The number of hydrogen-bond donors (Lipinski definition) is 1. The van der Waals surface area contributed by atoms with E-state index < -0.39 is 0 Å². The van der Waals surface area contributed by atoms with Crippen LogP contribution in [0.5, 0.6) is 0 Å². The lowest BCUT2D eigenvalue weighted by Crippen LogP contribution is -2.22. The average molecular weight is 359 g/mol. The van der Waals surface area contributed by atoms with Crippen molar-refractivity contribution in [1.29, 1.82) is 0 Å². The topological polar surface area (TPSA) is 12.0 Å². The van der Waals surface area contributed by atoms with Crippen LogP contribution in [-0.2, 0) is 0 Å². The Balaban J connectivity index is 2.48. The molecule has 0 saturated carbocycles. The van der Waals surface area contributed by atoms with Gasteiger partial charge in [0.15, 0.2) is 0 Å². The monoisotopic (exact) mass is 357 g/mol. The Kier molecular flexibility index (Phi) is 5.07. The number of hydrogen-bond acceptors (Lipinski definition) is 2. The molecule has 0 saturated heterocycles. The normalized spacial score (nSPS) is 12.7. The van der Waals surface area contributed by atoms with Crippen molar-refractivity contribution in [3.8, 4) is 0 Å². The summed E-state index contributed by atoms with van der Waals surface area (Å²) in [6.45, 7) is 7.25. The van der Waals surface area contributed by atoms with Gasteiger partial charge < -0.3 is 5.32 Å². The van der Waals surface area contributed by atoms with Crippen LogP contribution in [-0.4, -0.2) is 6.54 Å². The molecule has 0 radical (unpaired) electrons. The van der Waals surface area contributed by atoms with Crippen molar-refractivity contribution in [3.05, 3.63) is 54.6 Å². The molecule has 19 heavy (non-hydrogen) atoms. The predicted octanol–water partition coefficient (Wildman–Crippen LogP) is 5.48. The van der Waals surface area contributed by atoms with E-state index in [4.69, 9.17) is 11.6 Å². The molecule has 1 unspecified atom stereocenters. The van der Waals surface area contributed by atoms with Crippen LogP contribution < -0.4 is 5.32 Å². The van der Waals surface area contributed by atoms with Gasteiger partial charge in [0.05, 0.1) is 10.4 Å². The molecule has 4 heteroatoms. The number of nitrogens with one attached hydrogen (secondary N) is 1. The summed E-state index contributed by atoms with van der Waals surface area (Å²) in [5.74, 6) is 0. The van der Waals surface area contributed by atoms with Gasteiger partial charge >= 0.3 is 0 Å². The first-order valence-corrected chi connectivity index (χ1v) is 8.27. The predicted molar refractivity (Wildman–Crippen MR) is 88.5 cm³/mol. The first-order valence-electron chi connectivity index (χ1n) is 6.28. The van der Waals surface area contributed by atoms with Gasteiger partial charge in [0.2, 0.25) is 0 Å². The van der Waals surface area contributed by atoms with E-state index in [1.165, 1.54) is 16.0 Å². The van der Waals surface area contributed by atoms with Crippen molar-refractivity contribution in [2.24, 2.45) is 0 Å². The molecule has 0 fully saturated rings. The van der Waals surface area contributed by atoms with E-state index in [0.29, 0.717) is 0 Å². The van der Waals surface area contributed by atoms with Crippen molar-refractivity contribution in [2.45, 2.75) is 26.8 Å². The number of benzene rings is 1. The number of thiophene rings is 1. The molecule has 102 valence electrons. The largest absolute Gasteiger partial charge is 0.306 e. The maximum Gasteiger partial charge on any atom is 0.0961 e. The molecule has 1 aromatic carbocycles. The van der Waals surface area contributed by atoms with Crippen molar-refractivity contribution in [1.82, 2.24) is 5.32 Å². The second-order valence-corrected chi connectivity index (χ2v) is 7.09. The van der Waals surface area contributed by atoms with Crippen molar-refractivity contribution in [3.63, 3.8) is 0 Å². The van der Waals surface area contributed by atoms with Crippen LogP contribution in [0.25, 0.3) is 0 Å². The standard InChI is InChI=1S/C15H17BrClNS/c1-4-18-14(13-8-9(2)15(17)19-13)11-6-5-7-12(16)10(11)3/h5-8,14,18H,4H2,1-3H3. The molecule has 1 atom stereocenters. The molecule has 0 aliphatic heterocycles. The van der Waals surface area contributed by atoms with Crippen LogP contribution in [0.3, 0.4) is 0 Å². The first-order chi connectivity index (χ1) is 9.04. The fourth-order valence-corrected chi connectivity index (χ4v) is 3.82. The van der Waals surface area contributed by atoms with E-state index in [-0.39, 0.29) is 6.04 Å². The van der Waals surface area contributed by atoms with E-state index in [2.05, 4.69) is 66.3 Å². The zero-order chi connectivity index (χ0) is 14.0. The molecule has 0 aliphatic carbocycles. The molecule has 0 spiro atoms. The maximum atomic E-state index is 6.21. The first kappa shape index (κ1) is 15.0. The van der Waals surface area contributed by atoms with E-state index in [9.17, 15) is 0 Å². The van der Waals surface area contributed by atoms with Crippen molar-refractivity contribution < 1.29 is 0 Å². The molecule has 1 aromatic heterocycles. The highest BCUT2D eigenvalue weighted by Gasteiger charge is 2.19. The second-order valence-electron chi connectivity index (χ2n) is 4.55. The minimum absolute atomic E-state index is 0.207. The Hall–Kier alpha value is -0.350. The fourth-order valence-electron chi connectivity index (χ4n) is 2.13. The van der Waals surface area contributed by atoms with Gasteiger partial charge in [-0.1, -0.05) is 46.6 Å². The van der Waals surface area contributed by atoms with Crippen LogP contribution in [0.4, 0.5) is 0 Å². The molecular weight excluding hydrogens is 342 g/mol.